The van der Waals surface area contributed by atoms with Crippen LogP contribution in [0, 0.1) is 0 Å². The summed E-state index contributed by atoms with van der Waals surface area (Å²) in [5, 5.41) is 7.90. The standard InChI is InChI=1S/C61H46/c1-59(2)51-16-10-7-13-40(51)43-25-21-36(31-54(43)59)39-24-19-35-20-28-47-49(37-22-26-44-41-14-8-11-17-52(41)60(3,4)55(44)32-37)34-50(48-30-29-46(39)57(35)58(47)48)38-23-27-45-42-15-9-12-18-53(42)61(5,6)56(45)33-38/h7-34H,1-6H3. The third-order valence-electron chi connectivity index (χ3n) is 15.5. The molecule has 290 valence electrons. The SMILES string of the molecule is CC1(C)c2ccccc2-c2ccc(-c3ccc4ccc5c(-c6ccc7c(c6)C(C)(C)c6ccccc6-7)cc(-c6ccc7c(c6)C(C)(C)c6ccccc6-7)c6ccc3c4c56)cc21. The summed E-state index contributed by atoms with van der Waals surface area (Å²) in [4.78, 5) is 0. The molecule has 0 aliphatic heterocycles. The Balaban J connectivity index is 1.07. The van der Waals surface area contributed by atoms with Crippen LogP contribution in [0.3, 0.4) is 0 Å². The molecular formula is C61H46. The molecule has 13 rings (SSSR count). The lowest BCUT2D eigenvalue weighted by Crippen LogP contribution is -2.15. The fourth-order valence-corrected chi connectivity index (χ4v) is 12.2. The molecule has 0 aromatic heterocycles. The highest BCUT2D eigenvalue weighted by molar-refractivity contribution is 6.30. The van der Waals surface area contributed by atoms with Crippen LogP contribution in [0.1, 0.15) is 74.9 Å². The summed E-state index contributed by atoms with van der Waals surface area (Å²) >= 11 is 0. The Morgan fingerprint density at radius 2 is 0.574 bits per heavy atom. The smallest absolute Gasteiger partial charge is 0.0159 e. The van der Waals surface area contributed by atoms with E-state index in [0.29, 0.717) is 0 Å². The van der Waals surface area contributed by atoms with Crippen LogP contribution in [0.2, 0.25) is 0 Å². The predicted molar refractivity (Wildman–Crippen MR) is 259 cm³/mol. The van der Waals surface area contributed by atoms with Crippen LogP contribution < -0.4 is 0 Å². The topological polar surface area (TPSA) is 0 Å². The van der Waals surface area contributed by atoms with E-state index < -0.39 is 0 Å². The molecule has 0 saturated carbocycles. The molecule has 0 heterocycles. The van der Waals surface area contributed by atoms with Crippen molar-refractivity contribution in [2.45, 2.75) is 57.8 Å². The summed E-state index contributed by atoms with van der Waals surface area (Å²) in [6.07, 6.45) is 0. The maximum absolute atomic E-state index is 2.51. The lowest BCUT2D eigenvalue weighted by atomic mass is 9.79. The van der Waals surface area contributed by atoms with E-state index in [1.165, 1.54) is 132 Å². The molecule has 10 aromatic rings. The summed E-state index contributed by atoms with van der Waals surface area (Å²) in [7, 11) is 0. The van der Waals surface area contributed by atoms with Gasteiger partial charge < -0.3 is 0 Å². The first-order valence-corrected chi connectivity index (χ1v) is 22.0. The van der Waals surface area contributed by atoms with Crippen LogP contribution in [0.4, 0.5) is 0 Å². The summed E-state index contributed by atoms with van der Waals surface area (Å²) in [5.41, 5.74) is 24.0. The lowest BCUT2D eigenvalue weighted by molar-refractivity contribution is 0.660. The molecule has 61 heavy (non-hydrogen) atoms. The van der Waals surface area contributed by atoms with Gasteiger partial charge in [-0.2, -0.15) is 0 Å². The average molecular weight is 779 g/mol. The highest BCUT2D eigenvalue weighted by atomic mass is 14.4. The Labute approximate surface area is 358 Å². The average Bonchev–Trinajstić information content (AvgIpc) is 3.77. The zero-order valence-corrected chi connectivity index (χ0v) is 35.7. The van der Waals surface area contributed by atoms with E-state index >= 15 is 0 Å². The van der Waals surface area contributed by atoms with Crippen molar-refractivity contribution < 1.29 is 0 Å². The Kier molecular flexibility index (Phi) is 6.74. The number of rotatable bonds is 3. The van der Waals surface area contributed by atoms with Crippen molar-refractivity contribution in [3.63, 3.8) is 0 Å². The van der Waals surface area contributed by atoms with Crippen molar-refractivity contribution in [2.75, 3.05) is 0 Å². The third-order valence-corrected chi connectivity index (χ3v) is 15.5. The first-order chi connectivity index (χ1) is 29.5. The second kappa shape index (κ2) is 11.7. The minimum Gasteiger partial charge on any atom is -0.0619 e. The van der Waals surface area contributed by atoms with Crippen LogP contribution in [-0.2, 0) is 16.2 Å². The predicted octanol–water partition coefficient (Wildman–Crippen LogP) is 16.5. The molecule has 0 saturated heterocycles. The first kappa shape index (κ1) is 35.0. The molecule has 0 nitrogen and oxygen atoms in total. The number of benzene rings is 10. The normalized spacial score (nSPS) is 15.8. The summed E-state index contributed by atoms with van der Waals surface area (Å²) in [6, 6.07) is 65.5. The van der Waals surface area contributed by atoms with Crippen molar-refractivity contribution in [1.29, 1.82) is 0 Å². The van der Waals surface area contributed by atoms with Gasteiger partial charge in [-0.15, -0.1) is 0 Å². The van der Waals surface area contributed by atoms with E-state index in [2.05, 4.69) is 211 Å². The van der Waals surface area contributed by atoms with Gasteiger partial charge in [-0.25, -0.2) is 0 Å². The van der Waals surface area contributed by atoms with E-state index in [1.807, 2.05) is 0 Å². The van der Waals surface area contributed by atoms with E-state index in [0.717, 1.165) is 0 Å². The molecule has 3 aliphatic rings. The number of fused-ring (bicyclic) bond motifs is 9. The number of hydrogen-bond donors (Lipinski definition) is 0. The highest BCUT2D eigenvalue weighted by Crippen LogP contribution is 2.54. The molecule has 0 unspecified atom stereocenters. The Bertz CT molecular complexity index is 3420. The molecule has 0 amide bonds. The molecule has 0 spiro atoms. The van der Waals surface area contributed by atoms with Gasteiger partial charge in [0.1, 0.15) is 0 Å². The van der Waals surface area contributed by atoms with Gasteiger partial charge in [0.2, 0.25) is 0 Å². The van der Waals surface area contributed by atoms with E-state index in [4.69, 9.17) is 0 Å². The van der Waals surface area contributed by atoms with Gasteiger partial charge >= 0.3 is 0 Å². The summed E-state index contributed by atoms with van der Waals surface area (Å²) in [5.74, 6) is 0. The monoisotopic (exact) mass is 778 g/mol. The highest BCUT2D eigenvalue weighted by Gasteiger charge is 2.38. The Morgan fingerprint density at radius 1 is 0.246 bits per heavy atom. The molecule has 0 atom stereocenters. The summed E-state index contributed by atoms with van der Waals surface area (Å²) < 4.78 is 0. The second-order valence-electron chi connectivity index (χ2n) is 19.6. The van der Waals surface area contributed by atoms with Gasteiger partial charge in [0.05, 0.1) is 0 Å². The number of hydrogen-bond acceptors (Lipinski definition) is 0. The molecule has 0 radical (unpaired) electrons. The van der Waals surface area contributed by atoms with Crippen molar-refractivity contribution in [1.82, 2.24) is 0 Å². The van der Waals surface area contributed by atoms with Crippen molar-refractivity contribution >= 4 is 32.3 Å². The molecule has 10 aromatic carbocycles. The second-order valence-corrected chi connectivity index (χ2v) is 19.6. The maximum Gasteiger partial charge on any atom is 0.0159 e. The van der Waals surface area contributed by atoms with Crippen molar-refractivity contribution in [3.8, 4) is 66.8 Å². The fourth-order valence-electron chi connectivity index (χ4n) is 12.2. The molecule has 3 aliphatic carbocycles. The van der Waals surface area contributed by atoms with Gasteiger partial charge in [0.15, 0.2) is 0 Å². The van der Waals surface area contributed by atoms with Crippen molar-refractivity contribution in [3.05, 3.63) is 203 Å². The Morgan fingerprint density at radius 3 is 1.02 bits per heavy atom. The van der Waals surface area contributed by atoms with E-state index in [1.54, 1.807) is 0 Å². The molecule has 0 N–H and O–H groups in total. The minimum atomic E-state index is -0.0875. The van der Waals surface area contributed by atoms with Gasteiger partial charge in [0.25, 0.3) is 0 Å². The molecular weight excluding hydrogens is 733 g/mol. The van der Waals surface area contributed by atoms with Gasteiger partial charge in [-0.1, -0.05) is 187 Å². The molecule has 0 heteroatoms. The third kappa shape index (κ3) is 4.50. The first-order valence-electron chi connectivity index (χ1n) is 22.0. The zero-order valence-electron chi connectivity index (χ0n) is 35.7. The van der Waals surface area contributed by atoms with Gasteiger partial charge in [-0.3, -0.25) is 0 Å². The van der Waals surface area contributed by atoms with Crippen LogP contribution in [0.25, 0.3) is 99.1 Å². The van der Waals surface area contributed by atoms with Gasteiger partial charge in [-0.05, 0) is 157 Å². The minimum absolute atomic E-state index is 0.0624. The van der Waals surface area contributed by atoms with Gasteiger partial charge in [0, 0.05) is 16.2 Å². The van der Waals surface area contributed by atoms with Crippen LogP contribution in [-0.4, -0.2) is 0 Å². The lowest BCUT2D eigenvalue weighted by Gasteiger charge is -2.24. The zero-order chi connectivity index (χ0) is 41.2. The Hall–Kier alpha value is -6.76. The van der Waals surface area contributed by atoms with Crippen LogP contribution in [0.5, 0.6) is 0 Å². The van der Waals surface area contributed by atoms with E-state index in [-0.39, 0.29) is 16.2 Å². The molecule has 0 bridgehead atoms. The quantitative estimate of drug-likeness (QED) is 0.157. The maximum atomic E-state index is 2.51. The van der Waals surface area contributed by atoms with Crippen LogP contribution >= 0.6 is 0 Å². The summed E-state index contributed by atoms with van der Waals surface area (Å²) in [6.45, 7) is 14.3. The largest absolute Gasteiger partial charge is 0.0619 e. The van der Waals surface area contributed by atoms with Crippen LogP contribution in [0.15, 0.2) is 170 Å². The molecule has 0 fully saturated rings. The fraction of sp³-hybridized carbons (Fsp3) is 0.148. The van der Waals surface area contributed by atoms with E-state index in [9.17, 15) is 0 Å². The van der Waals surface area contributed by atoms with Crippen molar-refractivity contribution in [2.24, 2.45) is 0 Å².